The topological polar surface area (TPSA) is 126 Å². The van der Waals surface area contributed by atoms with E-state index in [-0.39, 0.29) is 28.7 Å². The number of pyridine rings is 2. The van der Waals surface area contributed by atoms with E-state index in [1.807, 2.05) is 14.0 Å². The zero-order valence-corrected chi connectivity index (χ0v) is 20.8. The lowest BCUT2D eigenvalue weighted by atomic mass is 9.96. The molecule has 194 valence electrons. The largest absolute Gasteiger partial charge is 0.474 e. The van der Waals surface area contributed by atoms with E-state index >= 15 is 4.39 Å². The number of likely N-dealkylation sites (N-methyl/N-ethyl adjacent to an activating group) is 1. The molecule has 0 saturated carbocycles. The molecule has 2 fully saturated rings. The number of hydrogen-bond donors (Lipinski definition) is 3. The Bertz CT molecular complexity index is 1420. The highest BCUT2D eigenvalue weighted by Crippen LogP contribution is 2.41. The van der Waals surface area contributed by atoms with Gasteiger partial charge in [0, 0.05) is 55.0 Å². The monoisotopic (exact) mass is 508 g/mol. The number of nitrogens with one attached hydrogen (secondary N) is 1. The van der Waals surface area contributed by atoms with Crippen molar-refractivity contribution in [3.8, 4) is 17.0 Å². The summed E-state index contributed by atoms with van der Waals surface area (Å²) in [6.07, 6.45) is 3.36. The Morgan fingerprint density at radius 3 is 2.92 bits per heavy atom. The van der Waals surface area contributed by atoms with E-state index in [0.29, 0.717) is 48.4 Å². The SMILES string of the molecule is Cc1c(-c2cc3cc(N(C(=O)O)[C@H]4CO[C@]5(CCN(C)C5)C4)ncc3c(N)c2F)cnc2c1NCCO2. The number of benzene rings is 1. The standard InChI is InChI=1S/C26H29FN6O4/c1-14-18(10-31-24-23(14)29-4-6-36-24)17-7-15-8-20(30-11-19(15)22(28)21(17)27)33(25(34)35)16-9-26(37-12-16)3-5-32(2)13-26/h7-8,10-11,16,29H,3-6,9,12-13,28H2,1-2H3,(H,34,35)/t16-,26-/m1/s1. The molecule has 11 heteroatoms. The van der Waals surface area contributed by atoms with Crippen LogP contribution in [0.1, 0.15) is 18.4 Å². The van der Waals surface area contributed by atoms with Crippen molar-refractivity contribution in [2.24, 2.45) is 0 Å². The van der Waals surface area contributed by atoms with Crippen molar-refractivity contribution in [3.05, 3.63) is 35.9 Å². The fraction of sp³-hybridized carbons (Fsp3) is 0.423. The zero-order valence-electron chi connectivity index (χ0n) is 20.8. The Kier molecular flexibility index (Phi) is 5.57. The van der Waals surface area contributed by atoms with Gasteiger partial charge in [-0.1, -0.05) is 0 Å². The van der Waals surface area contributed by atoms with E-state index in [1.54, 1.807) is 18.3 Å². The van der Waals surface area contributed by atoms with Gasteiger partial charge in [-0.25, -0.2) is 19.2 Å². The molecule has 3 aromatic rings. The lowest BCUT2D eigenvalue weighted by molar-refractivity contribution is 0.0141. The Morgan fingerprint density at radius 1 is 1.32 bits per heavy atom. The van der Waals surface area contributed by atoms with Gasteiger partial charge in [0.15, 0.2) is 5.82 Å². The van der Waals surface area contributed by atoms with Crippen LogP contribution in [0.3, 0.4) is 0 Å². The summed E-state index contributed by atoms with van der Waals surface area (Å²) in [5.74, 6) is 0.162. The van der Waals surface area contributed by atoms with Crippen LogP contribution in [0.15, 0.2) is 24.5 Å². The van der Waals surface area contributed by atoms with E-state index in [1.165, 1.54) is 11.1 Å². The molecule has 1 amide bonds. The molecule has 0 bridgehead atoms. The van der Waals surface area contributed by atoms with Gasteiger partial charge in [0.1, 0.15) is 18.1 Å². The van der Waals surface area contributed by atoms with Crippen LogP contribution in [0, 0.1) is 12.7 Å². The summed E-state index contributed by atoms with van der Waals surface area (Å²) in [7, 11) is 2.04. The van der Waals surface area contributed by atoms with Gasteiger partial charge < -0.3 is 30.5 Å². The molecule has 0 unspecified atom stereocenters. The van der Waals surface area contributed by atoms with Crippen molar-refractivity contribution in [1.82, 2.24) is 14.9 Å². The molecule has 2 aromatic heterocycles. The van der Waals surface area contributed by atoms with Crippen LogP contribution in [0.5, 0.6) is 5.88 Å². The number of halogens is 1. The molecule has 3 aliphatic rings. The number of aromatic nitrogens is 2. The molecule has 0 radical (unpaired) electrons. The summed E-state index contributed by atoms with van der Waals surface area (Å²) >= 11 is 0. The Morgan fingerprint density at radius 2 is 2.16 bits per heavy atom. The lowest BCUT2D eigenvalue weighted by Gasteiger charge is -2.26. The number of fused-ring (bicyclic) bond motifs is 2. The van der Waals surface area contributed by atoms with E-state index in [9.17, 15) is 9.90 Å². The second-order valence-corrected chi connectivity index (χ2v) is 10.2. The first kappa shape index (κ1) is 23.7. The predicted octanol–water partition coefficient (Wildman–Crippen LogP) is 3.48. The van der Waals surface area contributed by atoms with Gasteiger partial charge in [0.2, 0.25) is 5.88 Å². The fourth-order valence-electron chi connectivity index (χ4n) is 5.86. The number of amides is 1. The third-order valence-electron chi connectivity index (χ3n) is 7.74. The molecule has 3 aliphatic heterocycles. The fourth-order valence-corrected chi connectivity index (χ4v) is 5.86. The van der Waals surface area contributed by atoms with Crippen molar-refractivity contribution in [1.29, 1.82) is 0 Å². The van der Waals surface area contributed by atoms with E-state index in [0.717, 1.165) is 30.8 Å². The summed E-state index contributed by atoms with van der Waals surface area (Å²) in [5, 5.41) is 14.4. The number of likely N-dealkylation sites (tertiary alicyclic amines) is 1. The lowest BCUT2D eigenvalue weighted by Crippen LogP contribution is -2.42. The second-order valence-electron chi connectivity index (χ2n) is 10.2. The maximum Gasteiger partial charge on any atom is 0.413 e. The van der Waals surface area contributed by atoms with Crippen LogP contribution < -0.4 is 20.7 Å². The molecular weight excluding hydrogens is 479 g/mol. The van der Waals surface area contributed by atoms with E-state index in [4.69, 9.17) is 15.2 Å². The summed E-state index contributed by atoms with van der Waals surface area (Å²) in [5.41, 5.74) is 8.20. The van der Waals surface area contributed by atoms with Crippen LogP contribution in [0.4, 0.5) is 26.4 Å². The maximum absolute atomic E-state index is 15.5. The number of ether oxygens (including phenoxy) is 2. The van der Waals surface area contributed by atoms with Crippen LogP contribution in [-0.2, 0) is 4.74 Å². The van der Waals surface area contributed by atoms with Crippen LogP contribution in [0.2, 0.25) is 0 Å². The van der Waals surface area contributed by atoms with Gasteiger partial charge in [-0.05, 0) is 43.5 Å². The highest BCUT2D eigenvalue weighted by Gasteiger charge is 2.47. The number of nitrogen functional groups attached to an aromatic ring is 1. The molecule has 1 spiro atoms. The third-order valence-corrected chi connectivity index (χ3v) is 7.74. The van der Waals surface area contributed by atoms with Gasteiger partial charge in [0.25, 0.3) is 0 Å². The molecular formula is C26H29FN6O4. The number of anilines is 3. The molecule has 10 nitrogen and oxygen atoms in total. The molecule has 5 heterocycles. The van der Waals surface area contributed by atoms with Gasteiger partial charge in [-0.2, -0.15) is 0 Å². The average Bonchev–Trinajstić information content (AvgIpc) is 3.46. The minimum Gasteiger partial charge on any atom is -0.474 e. The number of nitrogens with zero attached hydrogens (tertiary/aromatic N) is 4. The summed E-state index contributed by atoms with van der Waals surface area (Å²) < 4.78 is 27.2. The van der Waals surface area contributed by atoms with Gasteiger partial charge in [-0.3, -0.25) is 4.90 Å². The molecule has 2 atom stereocenters. The summed E-state index contributed by atoms with van der Waals surface area (Å²) in [6, 6.07) is 2.95. The molecule has 2 saturated heterocycles. The molecule has 0 aliphatic carbocycles. The van der Waals surface area contributed by atoms with Crippen molar-refractivity contribution in [2.45, 2.75) is 31.4 Å². The first-order valence-electron chi connectivity index (χ1n) is 12.4. The van der Waals surface area contributed by atoms with Crippen molar-refractivity contribution < 1.29 is 23.8 Å². The number of hydrogen-bond acceptors (Lipinski definition) is 8. The highest BCUT2D eigenvalue weighted by atomic mass is 19.1. The second kappa shape index (κ2) is 8.70. The van der Waals surface area contributed by atoms with Crippen LogP contribution in [-0.4, -0.2) is 77.6 Å². The van der Waals surface area contributed by atoms with Gasteiger partial charge in [0.05, 0.1) is 23.9 Å². The van der Waals surface area contributed by atoms with Crippen molar-refractivity contribution in [3.63, 3.8) is 0 Å². The van der Waals surface area contributed by atoms with Crippen molar-refractivity contribution >= 4 is 34.1 Å². The molecule has 37 heavy (non-hydrogen) atoms. The van der Waals surface area contributed by atoms with Gasteiger partial charge >= 0.3 is 6.09 Å². The number of carboxylic acid groups (broad SMARTS) is 1. The zero-order chi connectivity index (χ0) is 25.9. The van der Waals surface area contributed by atoms with E-state index < -0.39 is 11.9 Å². The first-order chi connectivity index (χ1) is 17.8. The van der Waals surface area contributed by atoms with Crippen LogP contribution >= 0.6 is 0 Å². The van der Waals surface area contributed by atoms with Gasteiger partial charge in [-0.15, -0.1) is 0 Å². The highest BCUT2D eigenvalue weighted by molar-refractivity contribution is 5.99. The van der Waals surface area contributed by atoms with Crippen molar-refractivity contribution in [2.75, 3.05) is 55.8 Å². The minimum absolute atomic E-state index is 0.0492. The molecule has 6 rings (SSSR count). The smallest absolute Gasteiger partial charge is 0.413 e. The predicted molar refractivity (Wildman–Crippen MR) is 138 cm³/mol. The summed E-state index contributed by atoms with van der Waals surface area (Å²) in [4.78, 5) is 24.6. The number of carbonyl (C=O) groups is 1. The molecule has 4 N–H and O–H groups in total. The van der Waals surface area contributed by atoms with Crippen LogP contribution in [0.25, 0.3) is 21.9 Å². The summed E-state index contributed by atoms with van der Waals surface area (Å²) in [6.45, 7) is 5.00. The average molecular weight is 509 g/mol. The normalized spacial score (nSPS) is 23.2. The Hall–Kier alpha value is -3.70. The maximum atomic E-state index is 15.5. The third kappa shape index (κ3) is 3.89. The van der Waals surface area contributed by atoms with E-state index in [2.05, 4.69) is 20.2 Å². The minimum atomic E-state index is -1.11. The first-order valence-corrected chi connectivity index (χ1v) is 12.4. The quantitative estimate of drug-likeness (QED) is 0.456. The Labute approximate surface area is 213 Å². The number of rotatable bonds is 3. The Balaban J connectivity index is 1.40. The number of nitrogens with two attached hydrogens (primary N) is 1. The molecule has 1 aromatic carbocycles.